The summed E-state index contributed by atoms with van der Waals surface area (Å²) in [5.74, 6) is 0.700. The Labute approximate surface area is 89.2 Å². The van der Waals surface area contributed by atoms with Crippen molar-refractivity contribution in [2.24, 2.45) is 0 Å². The lowest BCUT2D eigenvalue weighted by Gasteiger charge is -2.08. The molecule has 0 bridgehead atoms. The van der Waals surface area contributed by atoms with Gasteiger partial charge in [0.05, 0.1) is 12.3 Å². The van der Waals surface area contributed by atoms with Crippen LogP contribution in [0.3, 0.4) is 0 Å². The van der Waals surface area contributed by atoms with Crippen molar-refractivity contribution in [2.45, 2.75) is 6.42 Å². The largest absolute Gasteiger partial charge is 0.491 e. The predicted octanol–water partition coefficient (Wildman–Crippen LogP) is 1.91. The average molecular weight is 215 g/mol. The molecule has 0 aliphatic heterocycles. The van der Waals surface area contributed by atoms with Gasteiger partial charge >= 0.3 is 0 Å². The molecular formula is C10H15ClN2O. The molecule has 0 amide bonds. The van der Waals surface area contributed by atoms with Crippen molar-refractivity contribution < 1.29 is 4.74 Å². The van der Waals surface area contributed by atoms with Gasteiger partial charge in [-0.2, -0.15) is 0 Å². The molecule has 0 aliphatic carbocycles. The molecule has 0 atom stereocenters. The van der Waals surface area contributed by atoms with Gasteiger partial charge in [0.25, 0.3) is 0 Å². The molecular weight excluding hydrogens is 200 g/mol. The highest BCUT2D eigenvalue weighted by Crippen LogP contribution is 2.24. The summed E-state index contributed by atoms with van der Waals surface area (Å²) in [5.41, 5.74) is 6.30. The molecule has 0 saturated heterocycles. The van der Waals surface area contributed by atoms with E-state index < -0.39 is 0 Å². The molecule has 78 valence electrons. The molecule has 3 N–H and O–H groups in total. The molecule has 0 unspecified atom stereocenters. The van der Waals surface area contributed by atoms with Gasteiger partial charge in [-0.25, -0.2) is 0 Å². The van der Waals surface area contributed by atoms with Gasteiger partial charge in [-0.05, 0) is 38.2 Å². The van der Waals surface area contributed by atoms with Crippen molar-refractivity contribution in [1.82, 2.24) is 5.32 Å². The van der Waals surface area contributed by atoms with Crippen LogP contribution >= 0.6 is 11.6 Å². The summed E-state index contributed by atoms with van der Waals surface area (Å²) in [5, 5.41) is 3.68. The second-order valence-electron chi connectivity index (χ2n) is 2.99. The molecule has 0 aromatic heterocycles. The van der Waals surface area contributed by atoms with E-state index >= 15 is 0 Å². The lowest BCUT2D eigenvalue weighted by molar-refractivity contribution is 0.311. The van der Waals surface area contributed by atoms with Crippen molar-refractivity contribution in [1.29, 1.82) is 0 Å². The van der Waals surface area contributed by atoms with Crippen LogP contribution in [0.1, 0.15) is 6.42 Å². The summed E-state index contributed by atoms with van der Waals surface area (Å²) in [7, 11) is 1.91. The predicted molar refractivity (Wildman–Crippen MR) is 59.9 cm³/mol. The highest BCUT2D eigenvalue weighted by molar-refractivity contribution is 6.30. The summed E-state index contributed by atoms with van der Waals surface area (Å²) < 4.78 is 5.47. The number of benzene rings is 1. The monoisotopic (exact) mass is 214 g/mol. The van der Waals surface area contributed by atoms with Crippen LogP contribution in [0.2, 0.25) is 5.02 Å². The number of anilines is 1. The summed E-state index contributed by atoms with van der Waals surface area (Å²) >= 11 is 5.76. The van der Waals surface area contributed by atoms with Gasteiger partial charge in [0.1, 0.15) is 5.75 Å². The molecule has 0 spiro atoms. The third kappa shape index (κ3) is 3.44. The maximum Gasteiger partial charge on any atom is 0.142 e. The van der Waals surface area contributed by atoms with Gasteiger partial charge < -0.3 is 15.8 Å². The third-order valence-electron chi connectivity index (χ3n) is 1.80. The van der Waals surface area contributed by atoms with Gasteiger partial charge in [0.2, 0.25) is 0 Å². The quantitative estimate of drug-likeness (QED) is 0.582. The van der Waals surface area contributed by atoms with Gasteiger partial charge in [-0.3, -0.25) is 0 Å². The van der Waals surface area contributed by atoms with E-state index in [2.05, 4.69) is 5.32 Å². The first-order valence-electron chi connectivity index (χ1n) is 4.56. The Morgan fingerprint density at radius 1 is 1.50 bits per heavy atom. The minimum atomic E-state index is 0.585. The van der Waals surface area contributed by atoms with Crippen molar-refractivity contribution in [3.8, 4) is 5.75 Å². The SMILES string of the molecule is CNCCCOc1ccc(Cl)cc1N. The smallest absolute Gasteiger partial charge is 0.142 e. The molecule has 0 heterocycles. The summed E-state index contributed by atoms with van der Waals surface area (Å²) in [4.78, 5) is 0. The van der Waals surface area contributed by atoms with Gasteiger partial charge in [-0.1, -0.05) is 11.6 Å². The van der Waals surface area contributed by atoms with Crippen molar-refractivity contribution in [2.75, 3.05) is 25.9 Å². The van der Waals surface area contributed by atoms with E-state index in [9.17, 15) is 0 Å². The highest BCUT2D eigenvalue weighted by atomic mass is 35.5. The van der Waals surface area contributed by atoms with E-state index in [1.807, 2.05) is 7.05 Å². The van der Waals surface area contributed by atoms with Crippen LogP contribution in [0, 0.1) is 0 Å². The molecule has 1 rings (SSSR count). The van der Waals surface area contributed by atoms with Crippen LogP contribution in [0.4, 0.5) is 5.69 Å². The molecule has 0 saturated carbocycles. The number of hydrogen-bond acceptors (Lipinski definition) is 3. The topological polar surface area (TPSA) is 47.3 Å². The summed E-state index contributed by atoms with van der Waals surface area (Å²) in [6, 6.07) is 5.25. The number of halogens is 1. The fourth-order valence-electron chi connectivity index (χ4n) is 1.08. The Morgan fingerprint density at radius 3 is 2.93 bits per heavy atom. The van der Waals surface area contributed by atoms with Gasteiger partial charge in [0.15, 0.2) is 0 Å². The zero-order valence-corrected chi connectivity index (χ0v) is 8.97. The molecule has 0 fully saturated rings. The fraction of sp³-hybridized carbons (Fsp3) is 0.400. The van der Waals surface area contributed by atoms with Crippen molar-refractivity contribution in [3.63, 3.8) is 0 Å². The molecule has 0 aliphatic rings. The second-order valence-corrected chi connectivity index (χ2v) is 3.42. The number of hydrogen-bond donors (Lipinski definition) is 2. The lowest BCUT2D eigenvalue weighted by atomic mass is 10.3. The Bertz CT molecular complexity index is 291. The highest BCUT2D eigenvalue weighted by Gasteiger charge is 2.00. The van der Waals surface area contributed by atoms with E-state index in [0.717, 1.165) is 13.0 Å². The van der Waals surface area contributed by atoms with Crippen LogP contribution in [0.5, 0.6) is 5.75 Å². The van der Waals surface area contributed by atoms with Crippen LogP contribution in [0.25, 0.3) is 0 Å². The molecule has 0 radical (unpaired) electrons. The van der Waals surface area contributed by atoms with Gasteiger partial charge in [-0.15, -0.1) is 0 Å². The zero-order valence-electron chi connectivity index (χ0n) is 8.22. The minimum absolute atomic E-state index is 0.585. The zero-order chi connectivity index (χ0) is 10.4. The van der Waals surface area contributed by atoms with Crippen LogP contribution < -0.4 is 15.8 Å². The maximum atomic E-state index is 5.76. The first-order valence-corrected chi connectivity index (χ1v) is 4.94. The van der Waals surface area contributed by atoms with E-state index in [1.165, 1.54) is 0 Å². The van der Waals surface area contributed by atoms with Crippen LogP contribution in [-0.2, 0) is 0 Å². The van der Waals surface area contributed by atoms with Crippen LogP contribution in [-0.4, -0.2) is 20.2 Å². The molecule has 3 nitrogen and oxygen atoms in total. The first-order chi connectivity index (χ1) is 6.74. The number of nitrogens with one attached hydrogen (secondary N) is 1. The van der Waals surface area contributed by atoms with Gasteiger partial charge in [0, 0.05) is 5.02 Å². The fourth-order valence-corrected chi connectivity index (χ4v) is 1.26. The molecule has 1 aromatic rings. The second kappa shape index (κ2) is 5.73. The number of rotatable bonds is 5. The van der Waals surface area contributed by atoms with Crippen molar-refractivity contribution >= 4 is 17.3 Å². The third-order valence-corrected chi connectivity index (χ3v) is 2.04. The number of ether oxygens (including phenoxy) is 1. The van der Waals surface area contributed by atoms with E-state index in [1.54, 1.807) is 18.2 Å². The molecule has 14 heavy (non-hydrogen) atoms. The average Bonchev–Trinajstić information content (AvgIpc) is 2.15. The summed E-state index contributed by atoms with van der Waals surface area (Å²) in [6.45, 7) is 1.60. The molecule has 1 aromatic carbocycles. The Kier molecular flexibility index (Phi) is 4.56. The lowest BCUT2D eigenvalue weighted by Crippen LogP contribution is -2.11. The number of nitrogens with two attached hydrogens (primary N) is 1. The minimum Gasteiger partial charge on any atom is -0.491 e. The Balaban J connectivity index is 2.42. The molecule has 4 heteroatoms. The maximum absolute atomic E-state index is 5.76. The van der Waals surface area contributed by atoms with E-state index in [-0.39, 0.29) is 0 Å². The van der Waals surface area contributed by atoms with E-state index in [4.69, 9.17) is 22.1 Å². The van der Waals surface area contributed by atoms with Crippen LogP contribution in [0.15, 0.2) is 18.2 Å². The van der Waals surface area contributed by atoms with E-state index in [0.29, 0.717) is 23.1 Å². The Morgan fingerprint density at radius 2 is 2.29 bits per heavy atom. The first kappa shape index (κ1) is 11.1. The standard InChI is InChI=1S/C10H15ClN2O/c1-13-5-2-6-14-10-4-3-8(11)7-9(10)12/h3-4,7,13H,2,5-6,12H2,1H3. The number of nitrogen functional groups attached to an aromatic ring is 1. The summed E-state index contributed by atoms with van der Waals surface area (Å²) in [6.07, 6.45) is 0.957. The normalized spacial score (nSPS) is 10.1. The van der Waals surface area contributed by atoms with Crippen molar-refractivity contribution in [3.05, 3.63) is 23.2 Å². The Hall–Kier alpha value is -0.930.